The summed E-state index contributed by atoms with van der Waals surface area (Å²) < 4.78 is 0. The molecule has 0 atom stereocenters. The molecule has 0 fully saturated rings. The highest BCUT2D eigenvalue weighted by Gasteiger charge is 2.30. The van der Waals surface area contributed by atoms with Gasteiger partial charge in [0.1, 0.15) is 23.0 Å². The number of rotatable bonds is 18. The van der Waals surface area contributed by atoms with Crippen molar-refractivity contribution in [1.29, 1.82) is 0 Å². The van der Waals surface area contributed by atoms with Gasteiger partial charge in [0.2, 0.25) is 0 Å². The molecule has 18 aromatic carbocycles. The Morgan fingerprint density at radius 1 is 0.187 bits per heavy atom. The molecule has 0 aromatic heterocycles. The van der Waals surface area contributed by atoms with Gasteiger partial charge in [0.15, 0.2) is 23.0 Å². The number of aryl methyl sites for hydroxylation is 8. The summed E-state index contributed by atoms with van der Waals surface area (Å²) in [5.41, 5.74) is 26.8. The average Bonchev–Trinajstić information content (AvgIpc) is 0.760. The van der Waals surface area contributed by atoms with Gasteiger partial charge < -0.3 is 40.9 Å². The first kappa shape index (κ1) is 106. The van der Waals surface area contributed by atoms with Crippen molar-refractivity contribution >= 4 is 32.3 Å². The Kier molecular flexibility index (Phi) is 39.6. The molecule has 0 saturated carbocycles. The lowest BCUT2D eigenvalue weighted by atomic mass is 9.81. The van der Waals surface area contributed by atoms with Crippen LogP contribution in [0, 0.1) is 55.4 Å². The molecule has 0 unspecified atom stereocenters. The largest absolute Gasteiger partial charge is 0.508 e. The smallest absolute Gasteiger partial charge is 0.161 e. The Morgan fingerprint density at radius 2 is 0.410 bits per heavy atom. The van der Waals surface area contributed by atoms with Crippen molar-refractivity contribution in [3.8, 4) is 46.0 Å². The molecule has 0 saturated heterocycles. The van der Waals surface area contributed by atoms with Gasteiger partial charge in [0, 0.05) is 51.1 Å². The number of phenols is 8. The minimum atomic E-state index is -0.558. The highest BCUT2D eigenvalue weighted by atomic mass is 16.3. The van der Waals surface area contributed by atoms with Crippen LogP contribution < -0.4 is 0 Å². The standard InChI is InChI=1S/C26H30O2.C24H26O4.C24H26O2.3C17H14.3C2H6/c1-15(2)20-7-9-21(10-8-20)24(22-13-16(3)11-18(5)25(22)27)23-14-17(4)12-19(6)26(23)28;1-13(2)16-5-7-17(8-6-16)22(18-9-14(3)11-20(25)23(18)27)19-10-15(4)12-21(26)24(19)28;1-15(2)18-7-9-19(10-8-18)24(20-13-16(3)5-11-22(20)25)21-14-17(4)6-12-23(21)26;3*1-2-7-14(8-3-1)13-16-11-6-10-15-9-4-5-12-17(15)16;3*1-2/h7-15,24,27-28H,1-6H3;5-13,22,25-28H,1-4H3;5-15,24-26H,1-4H3;3*1-12H,13H2;3*1-2H3. The van der Waals surface area contributed by atoms with E-state index in [2.05, 4.69) is 308 Å². The predicted molar refractivity (Wildman–Crippen MR) is 588 cm³/mol. The van der Waals surface area contributed by atoms with E-state index in [1.54, 1.807) is 24.3 Å². The van der Waals surface area contributed by atoms with Crippen LogP contribution in [0.2, 0.25) is 0 Å². The van der Waals surface area contributed by atoms with Crippen LogP contribution in [0.3, 0.4) is 0 Å². The zero-order chi connectivity index (χ0) is 101. The monoisotopic (exact) mass is 1840 g/mol. The molecule has 18 rings (SSSR count). The summed E-state index contributed by atoms with van der Waals surface area (Å²) in [7, 11) is 0. The molecule has 0 aliphatic rings. The highest BCUT2D eigenvalue weighted by molar-refractivity contribution is 5.88. The molecule has 0 amide bonds. The summed E-state index contributed by atoms with van der Waals surface area (Å²) in [6.07, 6.45) is 3.01. The number of aromatic hydroxyl groups is 8. The molecule has 18 aromatic rings. The van der Waals surface area contributed by atoms with Crippen LogP contribution >= 0.6 is 0 Å². The van der Waals surface area contributed by atoms with Crippen molar-refractivity contribution in [2.24, 2.45) is 0 Å². The van der Waals surface area contributed by atoms with E-state index in [0.717, 1.165) is 103 Å². The summed E-state index contributed by atoms with van der Waals surface area (Å²) in [6, 6.07) is 128. The van der Waals surface area contributed by atoms with Crippen molar-refractivity contribution in [1.82, 2.24) is 0 Å². The topological polar surface area (TPSA) is 162 Å². The van der Waals surface area contributed by atoms with E-state index in [4.69, 9.17) is 0 Å². The number of benzene rings is 18. The lowest BCUT2D eigenvalue weighted by molar-refractivity contribution is 0.392. The molecule has 0 bridgehead atoms. The fourth-order valence-corrected chi connectivity index (χ4v) is 17.8. The van der Waals surface area contributed by atoms with Crippen LogP contribution in [-0.4, -0.2) is 40.9 Å². The molecule has 0 aliphatic carbocycles. The number of fused-ring (bicyclic) bond motifs is 3. The molecular weight excluding hydrogens is 1700 g/mol. The number of phenolic OH excluding ortho intramolecular Hbond substituents is 8. The first-order chi connectivity index (χ1) is 67.0. The molecule has 0 aliphatic heterocycles. The average molecular weight is 1840 g/mol. The first-order valence-electron chi connectivity index (χ1n) is 49.1. The highest BCUT2D eigenvalue weighted by Crippen LogP contribution is 2.49. The molecule has 714 valence electrons. The molecule has 0 spiro atoms. The molecule has 0 heterocycles. The summed E-state index contributed by atoms with van der Waals surface area (Å²) in [5.74, 6) is 0.456. The quantitative estimate of drug-likeness (QED) is 0.0311. The zero-order valence-electron chi connectivity index (χ0n) is 85.0. The minimum Gasteiger partial charge on any atom is -0.508 e. The summed E-state index contributed by atoms with van der Waals surface area (Å²) in [4.78, 5) is 0. The summed E-state index contributed by atoms with van der Waals surface area (Å²) in [5, 5.41) is 92.5. The Labute approximate surface area is 827 Å². The third-order valence-corrected chi connectivity index (χ3v) is 24.9. The van der Waals surface area contributed by atoms with Gasteiger partial charge in [-0.3, -0.25) is 0 Å². The van der Waals surface area contributed by atoms with Crippen molar-refractivity contribution in [2.45, 2.75) is 193 Å². The maximum atomic E-state index is 10.9. The van der Waals surface area contributed by atoms with Crippen LogP contribution in [0.4, 0.5) is 0 Å². The van der Waals surface area contributed by atoms with Crippen LogP contribution in [0.25, 0.3) is 32.3 Å². The summed E-state index contributed by atoms with van der Waals surface area (Å²) >= 11 is 0. The van der Waals surface area contributed by atoms with E-state index in [-0.39, 0.29) is 46.3 Å². The zero-order valence-corrected chi connectivity index (χ0v) is 85.0. The minimum absolute atomic E-state index is 0.213. The van der Waals surface area contributed by atoms with E-state index in [1.807, 2.05) is 170 Å². The van der Waals surface area contributed by atoms with Crippen molar-refractivity contribution in [3.05, 3.63) is 521 Å². The van der Waals surface area contributed by atoms with Gasteiger partial charge in [-0.15, -0.1) is 0 Å². The van der Waals surface area contributed by atoms with E-state index < -0.39 is 5.92 Å². The second kappa shape index (κ2) is 51.9. The second-order valence-corrected chi connectivity index (χ2v) is 36.3. The lowest BCUT2D eigenvalue weighted by Gasteiger charge is -2.24. The molecule has 8 nitrogen and oxygen atoms in total. The van der Waals surface area contributed by atoms with Crippen LogP contribution in [0.15, 0.2) is 376 Å². The fraction of sp³-hybridized carbons (Fsp3) is 0.221. The SMILES string of the molecule is CC.CC.CC.Cc1cc(C)c(O)c(C(c2ccc(C(C)C)cc2)c2cc(C)cc(C)c2O)c1.Cc1cc(O)c(O)c(C(c2ccc(C(C)C)cc2)c2cc(C)cc(O)c2O)c1.Cc1ccc(O)c(C(c2ccc(C(C)C)cc2)c2cc(C)ccc2O)c1.c1ccc(Cc2cccc3ccccc23)cc1.c1ccc(Cc2cccc3ccccc23)cc1.c1ccc(Cc2cccc3ccccc23)cc1. The Balaban J connectivity index is 0.000000172. The van der Waals surface area contributed by atoms with E-state index >= 15 is 0 Å². The molecule has 8 heteroatoms. The normalized spacial score (nSPS) is 10.7. The lowest BCUT2D eigenvalue weighted by Crippen LogP contribution is -2.07. The predicted octanol–water partition coefficient (Wildman–Crippen LogP) is 34.5. The van der Waals surface area contributed by atoms with E-state index in [1.165, 1.54) is 94.5 Å². The van der Waals surface area contributed by atoms with Gasteiger partial charge in [0.25, 0.3) is 0 Å². The van der Waals surface area contributed by atoms with E-state index in [9.17, 15) is 40.9 Å². The Morgan fingerprint density at radius 3 is 0.683 bits per heavy atom. The Bertz CT molecular complexity index is 6310. The van der Waals surface area contributed by atoms with Gasteiger partial charge in [-0.2, -0.15) is 0 Å². The molecule has 0 radical (unpaired) electrons. The third kappa shape index (κ3) is 28.4. The van der Waals surface area contributed by atoms with Crippen molar-refractivity contribution < 1.29 is 40.9 Å². The van der Waals surface area contributed by atoms with Gasteiger partial charge in [-0.25, -0.2) is 0 Å². The van der Waals surface area contributed by atoms with Crippen molar-refractivity contribution in [2.75, 3.05) is 0 Å². The van der Waals surface area contributed by atoms with Crippen LogP contribution in [0.1, 0.15) is 263 Å². The first-order valence-corrected chi connectivity index (χ1v) is 49.1. The number of hydrogen-bond donors (Lipinski definition) is 8. The van der Waals surface area contributed by atoms with E-state index in [0.29, 0.717) is 40.4 Å². The molecule has 8 N–H and O–H groups in total. The van der Waals surface area contributed by atoms with Crippen LogP contribution in [0.5, 0.6) is 46.0 Å². The molecular formula is C131H142O8. The van der Waals surface area contributed by atoms with Gasteiger partial charge in [0.05, 0.1) is 0 Å². The third-order valence-electron chi connectivity index (χ3n) is 24.9. The fourth-order valence-electron chi connectivity index (χ4n) is 17.8. The Hall–Kier alpha value is -14.9. The second-order valence-electron chi connectivity index (χ2n) is 36.3. The maximum Gasteiger partial charge on any atom is 0.161 e. The van der Waals surface area contributed by atoms with Crippen LogP contribution in [-0.2, 0) is 19.3 Å². The number of hydrogen-bond acceptors (Lipinski definition) is 8. The van der Waals surface area contributed by atoms with Crippen molar-refractivity contribution in [3.63, 3.8) is 0 Å². The van der Waals surface area contributed by atoms with Gasteiger partial charge >= 0.3 is 0 Å². The summed E-state index contributed by atoms with van der Waals surface area (Å²) in [6.45, 7) is 40.5. The maximum absolute atomic E-state index is 10.9. The van der Waals surface area contributed by atoms with Gasteiger partial charge in [-0.05, 0) is 238 Å². The van der Waals surface area contributed by atoms with Gasteiger partial charge in [-0.1, -0.05) is 457 Å². The molecule has 139 heavy (non-hydrogen) atoms.